The van der Waals surface area contributed by atoms with Crippen molar-refractivity contribution in [1.82, 2.24) is 20.5 Å². The summed E-state index contributed by atoms with van der Waals surface area (Å²) in [5.74, 6) is 1.31. The van der Waals surface area contributed by atoms with Gasteiger partial charge in [0.25, 0.3) is 0 Å². The van der Waals surface area contributed by atoms with Gasteiger partial charge in [-0.3, -0.25) is 14.7 Å². The molecule has 1 amide bonds. The molecule has 180 valence electrons. The standard InChI is InChI=1S/C23H38N6O2.HI/c1-3-24-22(25-12-9-21(30)28-20-8-7-19(2)17-26-20)27-18-23(10-5-4-6-11-23)29-13-15-31-16-14-29;/h7-8,17H,3-6,9-16,18H2,1-2H3,(H2,24,25,27)(H,26,28,30);1H. The van der Waals surface area contributed by atoms with Crippen molar-refractivity contribution in [2.75, 3.05) is 51.3 Å². The highest BCUT2D eigenvalue weighted by molar-refractivity contribution is 14.0. The summed E-state index contributed by atoms with van der Waals surface area (Å²) in [4.78, 5) is 24.0. The van der Waals surface area contributed by atoms with Crippen LogP contribution >= 0.6 is 24.0 Å². The Hall–Kier alpha value is -1.46. The third-order valence-corrected chi connectivity index (χ3v) is 6.17. The summed E-state index contributed by atoms with van der Waals surface area (Å²) in [5.41, 5.74) is 1.21. The fraction of sp³-hybridized carbons (Fsp3) is 0.696. The summed E-state index contributed by atoms with van der Waals surface area (Å²) >= 11 is 0. The zero-order valence-corrected chi connectivity index (χ0v) is 21.8. The monoisotopic (exact) mass is 558 g/mol. The maximum Gasteiger partial charge on any atom is 0.227 e. The van der Waals surface area contributed by atoms with Gasteiger partial charge in [0, 0.05) is 44.3 Å². The second-order valence-electron chi connectivity index (χ2n) is 8.53. The topological polar surface area (TPSA) is 90.9 Å². The van der Waals surface area contributed by atoms with Gasteiger partial charge >= 0.3 is 0 Å². The number of rotatable bonds is 8. The molecule has 1 aliphatic carbocycles. The highest BCUT2D eigenvalue weighted by Gasteiger charge is 2.38. The van der Waals surface area contributed by atoms with Crippen molar-refractivity contribution >= 4 is 41.7 Å². The van der Waals surface area contributed by atoms with Gasteiger partial charge in [0.15, 0.2) is 5.96 Å². The molecule has 0 unspecified atom stereocenters. The molecule has 1 aromatic rings. The first-order valence-electron chi connectivity index (χ1n) is 11.7. The molecule has 0 bridgehead atoms. The summed E-state index contributed by atoms with van der Waals surface area (Å²) in [6, 6.07) is 3.76. The number of aromatic nitrogens is 1. The van der Waals surface area contributed by atoms with Crippen LogP contribution in [0.5, 0.6) is 0 Å². The maximum absolute atomic E-state index is 12.2. The lowest BCUT2D eigenvalue weighted by Crippen LogP contribution is -2.56. The van der Waals surface area contributed by atoms with Crippen LogP contribution in [-0.4, -0.2) is 73.2 Å². The lowest BCUT2D eigenvalue weighted by atomic mass is 9.80. The first kappa shape index (κ1) is 26.8. The van der Waals surface area contributed by atoms with E-state index in [1.165, 1.54) is 32.1 Å². The number of hydrogen-bond donors (Lipinski definition) is 3. The Kier molecular flexibility index (Phi) is 11.7. The number of halogens is 1. The zero-order chi connectivity index (χ0) is 21.9. The van der Waals surface area contributed by atoms with Crippen LogP contribution in [0.1, 0.15) is 51.0 Å². The predicted octanol–water partition coefficient (Wildman–Crippen LogP) is 2.93. The van der Waals surface area contributed by atoms with Crippen LogP contribution in [0.4, 0.5) is 5.82 Å². The van der Waals surface area contributed by atoms with Crippen LogP contribution in [-0.2, 0) is 9.53 Å². The Morgan fingerprint density at radius 3 is 2.59 bits per heavy atom. The van der Waals surface area contributed by atoms with Crippen LogP contribution in [0.25, 0.3) is 0 Å². The number of guanidine groups is 1. The smallest absolute Gasteiger partial charge is 0.227 e. The molecule has 2 fully saturated rings. The van der Waals surface area contributed by atoms with E-state index in [1.807, 2.05) is 19.1 Å². The number of anilines is 1. The van der Waals surface area contributed by atoms with Crippen molar-refractivity contribution in [3.63, 3.8) is 0 Å². The van der Waals surface area contributed by atoms with E-state index in [1.54, 1.807) is 6.20 Å². The van der Waals surface area contributed by atoms with Crippen molar-refractivity contribution in [1.29, 1.82) is 0 Å². The molecule has 0 radical (unpaired) electrons. The van der Waals surface area contributed by atoms with E-state index in [4.69, 9.17) is 9.73 Å². The lowest BCUT2D eigenvalue weighted by Gasteiger charge is -2.47. The number of hydrogen-bond acceptors (Lipinski definition) is 5. The van der Waals surface area contributed by atoms with Crippen LogP contribution in [0, 0.1) is 6.92 Å². The molecular weight excluding hydrogens is 519 g/mol. The number of ether oxygens (including phenoxy) is 1. The van der Waals surface area contributed by atoms with E-state index in [0.29, 0.717) is 18.8 Å². The normalized spacial score (nSPS) is 19.0. The van der Waals surface area contributed by atoms with Gasteiger partial charge in [-0.25, -0.2) is 4.98 Å². The zero-order valence-electron chi connectivity index (χ0n) is 19.5. The number of pyridine rings is 1. The van der Waals surface area contributed by atoms with Crippen LogP contribution < -0.4 is 16.0 Å². The fourth-order valence-corrected chi connectivity index (χ4v) is 4.43. The van der Waals surface area contributed by atoms with Crippen LogP contribution in [0.3, 0.4) is 0 Å². The second-order valence-corrected chi connectivity index (χ2v) is 8.53. The first-order chi connectivity index (χ1) is 15.1. The molecule has 1 saturated carbocycles. The van der Waals surface area contributed by atoms with Crippen molar-refractivity contribution in [2.24, 2.45) is 4.99 Å². The molecule has 0 spiro atoms. The summed E-state index contributed by atoms with van der Waals surface area (Å²) in [6.07, 6.45) is 8.35. The summed E-state index contributed by atoms with van der Waals surface area (Å²) < 4.78 is 5.58. The van der Waals surface area contributed by atoms with Crippen molar-refractivity contribution in [3.05, 3.63) is 23.9 Å². The lowest BCUT2D eigenvalue weighted by molar-refractivity contribution is -0.116. The molecule has 2 aliphatic rings. The van der Waals surface area contributed by atoms with Crippen LogP contribution in [0.15, 0.2) is 23.3 Å². The molecular formula is C23H39IN6O2. The SMILES string of the molecule is CCNC(=NCC1(N2CCOCC2)CCCCC1)NCCC(=O)Nc1ccc(C)cn1.I. The maximum atomic E-state index is 12.2. The Bertz CT molecular complexity index is 716. The number of nitrogens with zero attached hydrogens (tertiary/aromatic N) is 3. The minimum Gasteiger partial charge on any atom is -0.379 e. The summed E-state index contributed by atoms with van der Waals surface area (Å²) in [7, 11) is 0. The molecule has 3 N–H and O–H groups in total. The minimum atomic E-state index is -0.0585. The van der Waals surface area contributed by atoms with E-state index in [2.05, 4.69) is 32.8 Å². The first-order valence-corrected chi connectivity index (χ1v) is 11.7. The molecule has 1 aromatic heterocycles. The molecule has 1 aliphatic heterocycles. The third kappa shape index (κ3) is 8.15. The van der Waals surface area contributed by atoms with Crippen molar-refractivity contribution in [2.45, 2.75) is 57.9 Å². The van der Waals surface area contributed by atoms with Gasteiger partial charge in [-0.2, -0.15) is 0 Å². The van der Waals surface area contributed by atoms with Gasteiger partial charge in [-0.15, -0.1) is 24.0 Å². The number of carbonyl (C=O) groups is 1. The molecule has 2 heterocycles. The highest BCUT2D eigenvalue weighted by Crippen LogP contribution is 2.34. The number of nitrogens with one attached hydrogen (secondary N) is 3. The molecule has 1 saturated heterocycles. The average molecular weight is 559 g/mol. The Balaban J connectivity index is 0.00000363. The summed E-state index contributed by atoms with van der Waals surface area (Å²) in [5, 5.41) is 9.48. The van der Waals surface area contributed by atoms with Gasteiger partial charge < -0.3 is 20.7 Å². The number of carbonyl (C=O) groups excluding carboxylic acids is 1. The quantitative estimate of drug-likeness (QED) is 0.258. The van der Waals surface area contributed by atoms with E-state index in [-0.39, 0.29) is 35.4 Å². The third-order valence-electron chi connectivity index (χ3n) is 6.17. The van der Waals surface area contributed by atoms with Crippen molar-refractivity contribution < 1.29 is 9.53 Å². The highest BCUT2D eigenvalue weighted by atomic mass is 127. The van der Waals surface area contributed by atoms with Gasteiger partial charge in [0.1, 0.15) is 5.82 Å². The van der Waals surface area contributed by atoms with E-state index in [0.717, 1.165) is 50.9 Å². The number of morpholine rings is 1. The Morgan fingerprint density at radius 1 is 1.19 bits per heavy atom. The second kappa shape index (κ2) is 13.9. The largest absolute Gasteiger partial charge is 0.379 e. The predicted molar refractivity (Wildman–Crippen MR) is 140 cm³/mol. The van der Waals surface area contributed by atoms with Gasteiger partial charge in [-0.1, -0.05) is 25.3 Å². The average Bonchev–Trinajstić information content (AvgIpc) is 2.80. The molecule has 32 heavy (non-hydrogen) atoms. The number of aliphatic imine (C=N–C) groups is 1. The van der Waals surface area contributed by atoms with Gasteiger partial charge in [0.05, 0.1) is 19.8 Å². The Morgan fingerprint density at radius 2 is 1.94 bits per heavy atom. The molecule has 0 atom stereocenters. The molecule has 8 nitrogen and oxygen atoms in total. The van der Waals surface area contributed by atoms with E-state index >= 15 is 0 Å². The molecule has 3 rings (SSSR count). The Labute approximate surface area is 209 Å². The van der Waals surface area contributed by atoms with Crippen molar-refractivity contribution in [3.8, 4) is 0 Å². The minimum absolute atomic E-state index is 0. The molecule has 9 heteroatoms. The number of amides is 1. The van der Waals surface area contributed by atoms with E-state index in [9.17, 15) is 4.79 Å². The van der Waals surface area contributed by atoms with Gasteiger partial charge in [0.2, 0.25) is 5.91 Å². The van der Waals surface area contributed by atoms with Crippen LogP contribution in [0.2, 0.25) is 0 Å². The van der Waals surface area contributed by atoms with E-state index < -0.39 is 0 Å². The molecule has 0 aromatic carbocycles. The fourth-order valence-electron chi connectivity index (χ4n) is 4.43. The van der Waals surface area contributed by atoms with Gasteiger partial charge in [-0.05, 0) is 38.3 Å². The number of aryl methyl sites for hydroxylation is 1. The summed E-state index contributed by atoms with van der Waals surface area (Å²) in [6.45, 7) is 9.74.